The molecule has 0 bridgehead atoms. The number of aryl methyl sites for hydroxylation is 1. The summed E-state index contributed by atoms with van der Waals surface area (Å²) in [5.41, 5.74) is 1.11. The molecule has 1 aromatic carbocycles. The van der Waals surface area contributed by atoms with Crippen LogP contribution < -0.4 is 10.1 Å². The summed E-state index contributed by atoms with van der Waals surface area (Å²) in [7, 11) is 1.70. The zero-order valence-electron chi connectivity index (χ0n) is 13.6. The highest BCUT2D eigenvalue weighted by Crippen LogP contribution is 2.18. The maximum atomic E-state index is 5.33. The first-order valence-electron chi connectivity index (χ1n) is 7.68. The first kappa shape index (κ1) is 16.3. The molecule has 1 unspecified atom stereocenters. The first-order valence-corrected chi connectivity index (χ1v) is 7.68. The molecule has 0 fully saturated rings. The fourth-order valence-electron chi connectivity index (χ4n) is 2.40. The molecule has 0 radical (unpaired) electrons. The lowest BCUT2D eigenvalue weighted by Gasteiger charge is -2.13. The zero-order valence-corrected chi connectivity index (χ0v) is 13.6. The van der Waals surface area contributed by atoms with Crippen molar-refractivity contribution in [2.45, 2.75) is 20.4 Å². The van der Waals surface area contributed by atoms with Gasteiger partial charge in [0.25, 0.3) is 0 Å². The van der Waals surface area contributed by atoms with Crippen LogP contribution in [0.25, 0.3) is 6.08 Å². The minimum Gasteiger partial charge on any atom is -0.496 e. The van der Waals surface area contributed by atoms with Gasteiger partial charge in [-0.05, 0) is 25.5 Å². The van der Waals surface area contributed by atoms with E-state index in [0.29, 0.717) is 5.92 Å². The van der Waals surface area contributed by atoms with Gasteiger partial charge in [-0.25, -0.2) is 4.98 Å². The van der Waals surface area contributed by atoms with Crippen LogP contribution in [0.15, 0.2) is 42.7 Å². The second-order valence-corrected chi connectivity index (χ2v) is 5.53. The van der Waals surface area contributed by atoms with Crippen LogP contribution in [0.1, 0.15) is 18.3 Å². The van der Waals surface area contributed by atoms with E-state index >= 15 is 0 Å². The third kappa shape index (κ3) is 4.74. The van der Waals surface area contributed by atoms with Gasteiger partial charge in [-0.1, -0.05) is 37.3 Å². The van der Waals surface area contributed by atoms with Gasteiger partial charge >= 0.3 is 0 Å². The highest BCUT2D eigenvalue weighted by molar-refractivity contribution is 5.57. The number of hydrogen-bond acceptors (Lipinski definition) is 3. The van der Waals surface area contributed by atoms with Gasteiger partial charge in [0.1, 0.15) is 11.6 Å². The Bertz CT molecular complexity index is 604. The number of benzene rings is 1. The molecule has 1 heterocycles. The molecule has 0 spiro atoms. The van der Waals surface area contributed by atoms with Crippen LogP contribution in [0.5, 0.6) is 5.75 Å². The van der Waals surface area contributed by atoms with Gasteiger partial charge in [-0.3, -0.25) is 0 Å². The Kier molecular flexibility index (Phi) is 6.22. The summed E-state index contributed by atoms with van der Waals surface area (Å²) < 4.78 is 7.52. The molecule has 0 aliphatic heterocycles. The van der Waals surface area contributed by atoms with Gasteiger partial charge in [-0.15, -0.1) is 0 Å². The molecule has 4 heteroatoms. The fourth-order valence-corrected chi connectivity index (χ4v) is 2.40. The van der Waals surface area contributed by atoms with Crippen molar-refractivity contribution in [3.8, 4) is 5.75 Å². The molecule has 4 nitrogen and oxygen atoms in total. The van der Waals surface area contributed by atoms with Gasteiger partial charge in [0.15, 0.2) is 0 Å². The van der Waals surface area contributed by atoms with E-state index in [1.54, 1.807) is 7.11 Å². The summed E-state index contributed by atoms with van der Waals surface area (Å²) in [6.45, 7) is 7.11. The van der Waals surface area contributed by atoms with Crippen LogP contribution in [0, 0.1) is 12.8 Å². The van der Waals surface area contributed by atoms with Crippen molar-refractivity contribution in [2.24, 2.45) is 5.92 Å². The number of aromatic nitrogens is 2. The Hall–Kier alpha value is -2.07. The average molecular weight is 299 g/mol. The molecule has 0 aliphatic rings. The highest BCUT2D eigenvalue weighted by atomic mass is 16.5. The smallest absolute Gasteiger partial charge is 0.126 e. The SMILES string of the molecule is COc1ccccc1/C=C/CNCC(C)Cn1ccnc1C. The summed E-state index contributed by atoms with van der Waals surface area (Å²) in [6, 6.07) is 8.03. The van der Waals surface area contributed by atoms with Crippen molar-refractivity contribution in [2.75, 3.05) is 20.2 Å². The molecule has 0 saturated carbocycles. The van der Waals surface area contributed by atoms with Crippen LogP contribution in [-0.2, 0) is 6.54 Å². The lowest BCUT2D eigenvalue weighted by Crippen LogP contribution is -2.24. The van der Waals surface area contributed by atoms with Gasteiger partial charge < -0.3 is 14.6 Å². The van der Waals surface area contributed by atoms with Crippen molar-refractivity contribution in [3.63, 3.8) is 0 Å². The zero-order chi connectivity index (χ0) is 15.8. The van der Waals surface area contributed by atoms with E-state index < -0.39 is 0 Å². The summed E-state index contributed by atoms with van der Waals surface area (Å²) in [4.78, 5) is 4.25. The number of para-hydroxylation sites is 1. The molecular formula is C18H25N3O. The maximum absolute atomic E-state index is 5.33. The third-order valence-electron chi connectivity index (χ3n) is 3.62. The quantitative estimate of drug-likeness (QED) is 0.761. The number of nitrogens with zero attached hydrogens (tertiary/aromatic N) is 2. The van der Waals surface area contributed by atoms with Crippen LogP contribution in [-0.4, -0.2) is 29.8 Å². The predicted octanol–water partition coefficient (Wildman–Crippen LogP) is 3.14. The number of rotatable bonds is 8. The second kappa shape index (κ2) is 8.39. The van der Waals surface area contributed by atoms with Crippen molar-refractivity contribution < 1.29 is 4.74 Å². The van der Waals surface area contributed by atoms with E-state index in [4.69, 9.17) is 4.74 Å². The Balaban J connectivity index is 1.72. The van der Waals surface area contributed by atoms with E-state index in [9.17, 15) is 0 Å². The Morgan fingerprint density at radius 1 is 1.36 bits per heavy atom. The van der Waals surface area contributed by atoms with E-state index in [-0.39, 0.29) is 0 Å². The molecular weight excluding hydrogens is 274 g/mol. The summed E-state index contributed by atoms with van der Waals surface area (Å²) in [6.07, 6.45) is 8.11. The van der Waals surface area contributed by atoms with Crippen LogP contribution in [0.2, 0.25) is 0 Å². The van der Waals surface area contributed by atoms with Crippen molar-refractivity contribution in [3.05, 3.63) is 54.1 Å². The van der Waals surface area contributed by atoms with Gasteiger partial charge in [0.05, 0.1) is 7.11 Å². The topological polar surface area (TPSA) is 39.1 Å². The van der Waals surface area contributed by atoms with E-state index in [0.717, 1.165) is 36.8 Å². The molecule has 118 valence electrons. The lowest BCUT2D eigenvalue weighted by molar-refractivity contribution is 0.414. The van der Waals surface area contributed by atoms with Gasteiger partial charge in [-0.2, -0.15) is 0 Å². The molecule has 0 aliphatic carbocycles. The third-order valence-corrected chi connectivity index (χ3v) is 3.62. The van der Waals surface area contributed by atoms with E-state index in [2.05, 4.69) is 40.0 Å². The van der Waals surface area contributed by atoms with E-state index in [1.165, 1.54) is 0 Å². The van der Waals surface area contributed by atoms with Crippen molar-refractivity contribution in [1.82, 2.24) is 14.9 Å². The second-order valence-electron chi connectivity index (χ2n) is 5.53. The largest absolute Gasteiger partial charge is 0.496 e. The summed E-state index contributed by atoms with van der Waals surface area (Å²) in [5.74, 6) is 2.54. The number of methoxy groups -OCH3 is 1. The summed E-state index contributed by atoms with van der Waals surface area (Å²) >= 11 is 0. The van der Waals surface area contributed by atoms with Crippen molar-refractivity contribution >= 4 is 6.08 Å². The van der Waals surface area contributed by atoms with E-state index in [1.807, 2.05) is 37.5 Å². The number of imidazole rings is 1. The number of nitrogens with one attached hydrogen (secondary N) is 1. The highest BCUT2D eigenvalue weighted by Gasteiger charge is 2.04. The molecule has 1 atom stereocenters. The molecule has 0 amide bonds. The first-order chi connectivity index (χ1) is 10.7. The van der Waals surface area contributed by atoms with Gasteiger partial charge in [0, 0.05) is 31.0 Å². The fraction of sp³-hybridized carbons (Fsp3) is 0.389. The van der Waals surface area contributed by atoms with Crippen LogP contribution in [0.3, 0.4) is 0 Å². The standard InChI is InChI=1S/C18H25N3O/c1-15(14-21-12-11-20-16(21)2)13-19-10-6-8-17-7-4-5-9-18(17)22-3/h4-9,11-12,15,19H,10,13-14H2,1-3H3/b8-6+. The lowest BCUT2D eigenvalue weighted by atomic mass is 10.1. The monoisotopic (exact) mass is 299 g/mol. The normalized spacial score (nSPS) is 12.7. The summed E-state index contributed by atoms with van der Waals surface area (Å²) in [5, 5.41) is 3.46. The van der Waals surface area contributed by atoms with Crippen LogP contribution >= 0.6 is 0 Å². The Morgan fingerprint density at radius 3 is 2.91 bits per heavy atom. The minimum absolute atomic E-state index is 0.563. The van der Waals surface area contributed by atoms with Crippen LogP contribution in [0.4, 0.5) is 0 Å². The molecule has 2 rings (SSSR count). The average Bonchev–Trinajstić information content (AvgIpc) is 2.92. The number of ether oxygens (including phenoxy) is 1. The van der Waals surface area contributed by atoms with Crippen molar-refractivity contribution in [1.29, 1.82) is 0 Å². The molecule has 1 aromatic heterocycles. The Labute approximate surface area is 132 Å². The predicted molar refractivity (Wildman–Crippen MR) is 91.0 cm³/mol. The maximum Gasteiger partial charge on any atom is 0.126 e. The Morgan fingerprint density at radius 2 is 2.18 bits per heavy atom. The molecule has 1 N–H and O–H groups in total. The number of hydrogen-bond donors (Lipinski definition) is 1. The minimum atomic E-state index is 0.563. The molecule has 22 heavy (non-hydrogen) atoms. The molecule has 2 aromatic rings. The molecule has 0 saturated heterocycles. The van der Waals surface area contributed by atoms with Gasteiger partial charge in [0.2, 0.25) is 0 Å².